The molecular formula is C19H17NO3. The van der Waals surface area contributed by atoms with Crippen LogP contribution in [0.25, 0.3) is 17.0 Å². The van der Waals surface area contributed by atoms with Crippen LogP contribution in [0.1, 0.15) is 24.4 Å². The van der Waals surface area contributed by atoms with Crippen LogP contribution in [0.15, 0.2) is 65.1 Å². The van der Waals surface area contributed by atoms with Crippen molar-refractivity contribution in [2.75, 3.05) is 5.32 Å². The molecule has 3 rings (SSSR count). The maximum Gasteiger partial charge on any atom is 0.248 e. The molecule has 4 heteroatoms. The largest absolute Gasteiger partial charge is 0.457 e. The topological polar surface area (TPSA) is 62.5 Å². The molecule has 4 nitrogen and oxygen atoms in total. The van der Waals surface area contributed by atoms with E-state index in [1.165, 1.54) is 6.08 Å². The number of carbonyl (C=O) groups is 1. The van der Waals surface area contributed by atoms with Crippen molar-refractivity contribution in [1.82, 2.24) is 0 Å². The van der Waals surface area contributed by atoms with E-state index in [-0.39, 0.29) is 5.91 Å². The second-order valence-electron chi connectivity index (χ2n) is 5.27. The van der Waals surface area contributed by atoms with Crippen molar-refractivity contribution in [2.45, 2.75) is 13.0 Å². The standard InChI is InChI=1S/C19H17NO3/c1-13(21)16-7-3-4-8-17(16)20-19(22)11-10-15-12-14-6-2-5-9-18(14)23-15/h2-13,21H,1H3,(H,20,22)/b11-10+. The Morgan fingerprint density at radius 1 is 1.17 bits per heavy atom. The van der Waals surface area contributed by atoms with Gasteiger partial charge in [0.25, 0.3) is 0 Å². The van der Waals surface area contributed by atoms with Gasteiger partial charge in [0, 0.05) is 22.7 Å². The lowest BCUT2D eigenvalue weighted by molar-refractivity contribution is -0.111. The summed E-state index contributed by atoms with van der Waals surface area (Å²) in [7, 11) is 0. The van der Waals surface area contributed by atoms with Crippen LogP contribution < -0.4 is 5.32 Å². The van der Waals surface area contributed by atoms with E-state index in [0.29, 0.717) is 17.0 Å². The zero-order valence-electron chi connectivity index (χ0n) is 12.7. The highest BCUT2D eigenvalue weighted by atomic mass is 16.3. The summed E-state index contributed by atoms with van der Waals surface area (Å²) in [5.74, 6) is 0.337. The van der Waals surface area contributed by atoms with Crippen LogP contribution in [0.2, 0.25) is 0 Å². The van der Waals surface area contributed by atoms with Crippen molar-refractivity contribution in [2.24, 2.45) is 0 Å². The highest BCUT2D eigenvalue weighted by molar-refractivity contribution is 6.02. The molecule has 1 heterocycles. The summed E-state index contributed by atoms with van der Waals surface area (Å²) < 4.78 is 5.62. The van der Waals surface area contributed by atoms with Crippen molar-refractivity contribution in [3.63, 3.8) is 0 Å². The third kappa shape index (κ3) is 3.49. The third-order valence-corrected chi connectivity index (χ3v) is 3.51. The Kier molecular flexibility index (Phi) is 4.26. The molecule has 0 aliphatic carbocycles. The smallest absolute Gasteiger partial charge is 0.248 e. The summed E-state index contributed by atoms with van der Waals surface area (Å²) in [6.07, 6.45) is 2.39. The summed E-state index contributed by atoms with van der Waals surface area (Å²) in [6, 6.07) is 16.7. The minimum atomic E-state index is -0.647. The van der Waals surface area contributed by atoms with Crippen LogP contribution in [0, 0.1) is 0 Å². The fourth-order valence-electron chi connectivity index (χ4n) is 2.39. The number of para-hydroxylation sites is 2. The SMILES string of the molecule is CC(O)c1ccccc1NC(=O)/C=C/c1cc2ccccc2o1. The van der Waals surface area contributed by atoms with Gasteiger partial charge in [-0.3, -0.25) is 4.79 Å². The summed E-state index contributed by atoms with van der Waals surface area (Å²) in [5, 5.41) is 13.5. The Morgan fingerprint density at radius 3 is 2.70 bits per heavy atom. The molecule has 1 amide bonds. The van der Waals surface area contributed by atoms with Gasteiger partial charge in [0.05, 0.1) is 6.10 Å². The molecule has 0 bridgehead atoms. The van der Waals surface area contributed by atoms with Crippen LogP contribution in [-0.4, -0.2) is 11.0 Å². The minimum Gasteiger partial charge on any atom is -0.457 e. The second-order valence-corrected chi connectivity index (χ2v) is 5.27. The maximum atomic E-state index is 12.1. The summed E-state index contributed by atoms with van der Waals surface area (Å²) >= 11 is 0. The van der Waals surface area contributed by atoms with Gasteiger partial charge in [0.2, 0.25) is 5.91 Å². The van der Waals surface area contributed by atoms with E-state index in [9.17, 15) is 9.90 Å². The van der Waals surface area contributed by atoms with Crippen molar-refractivity contribution in [3.8, 4) is 0 Å². The molecule has 0 aliphatic heterocycles. The number of aliphatic hydroxyl groups is 1. The molecule has 116 valence electrons. The molecule has 0 saturated heterocycles. The number of anilines is 1. The van der Waals surface area contributed by atoms with E-state index in [2.05, 4.69) is 5.32 Å². The number of carbonyl (C=O) groups excluding carboxylic acids is 1. The number of aliphatic hydroxyl groups excluding tert-OH is 1. The number of nitrogens with one attached hydrogen (secondary N) is 1. The number of benzene rings is 2. The van der Waals surface area contributed by atoms with E-state index < -0.39 is 6.10 Å². The number of fused-ring (bicyclic) bond motifs is 1. The average Bonchev–Trinajstić information content (AvgIpc) is 2.96. The summed E-state index contributed by atoms with van der Waals surface area (Å²) in [4.78, 5) is 12.1. The maximum absolute atomic E-state index is 12.1. The first-order valence-electron chi connectivity index (χ1n) is 7.38. The number of hydrogen-bond donors (Lipinski definition) is 2. The first-order chi connectivity index (χ1) is 11.1. The lowest BCUT2D eigenvalue weighted by Crippen LogP contribution is -2.10. The van der Waals surface area contributed by atoms with Gasteiger partial charge < -0.3 is 14.8 Å². The van der Waals surface area contributed by atoms with E-state index in [1.807, 2.05) is 42.5 Å². The number of furan rings is 1. The highest BCUT2D eigenvalue weighted by Gasteiger charge is 2.08. The van der Waals surface area contributed by atoms with E-state index in [4.69, 9.17) is 4.42 Å². The van der Waals surface area contributed by atoms with Gasteiger partial charge in [0.15, 0.2) is 0 Å². The van der Waals surface area contributed by atoms with Crippen LogP contribution in [0.5, 0.6) is 0 Å². The Balaban J connectivity index is 1.74. The van der Waals surface area contributed by atoms with E-state index in [1.54, 1.807) is 25.1 Å². The van der Waals surface area contributed by atoms with Gasteiger partial charge in [-0.15, -0.1) is 0 Å². The zero-order valence-corrected chi connectivity index (χ0v) is 12.7. The molecule has 1 unspecified atom stereocenters. The van der Waals surface area contributed by atoms with Crippen LogP contribution in [0.3, 0.4) is 0 Å². The zero-order chi connectivity index (χ0) is 16.2. The molecule has 23 heavy (non-hydrogen) atoms. The molecule has 3 aromatic rings. The number of rotatable bonds is 4. The summed E-state index contributed by atoms with van der Waals surface area (Å²) in [6.45, 7) is 1.66. The van der Waals surface area contributed by atoms with Gasteiger partial charge >= 0.3 is 0 Å². The number of amides is 1. The monoisotopic (exact) mass is 307 g/mol. The fourth-order valence-corrected chi connectivity index (χ4v) is 2.39. The van der Waals surface area contributed by atoms with Crippen LogP contribution >= 0.6 is 0 Å². The predicted octanol–water partition coefficient (Wildman–Crippen LogP) is 4.14. The van der Waals surface area contributed by atoms with E-state index >= 15 is 0 Å². The van der Waals surface area contributed by atoms with Crippen molar-refractivity contribution < 1.29 is 14.3 Å². The molecule has 0 aliphatic rings. The molecule has 0 saturated carbocycles. The fraction of sp³-hybridized carbons (Fsp3) is 0.105. The van der Waals surface area contributed by atoms with Crippen molar-refractivity contribution in [3.05, 3.63) is 72.0 Å². The van der Waals surface area contributed by atoms with Crippen molar-refractivity contribution in [1.29, 1.82) is 0 Å². The first-order valence-corrected chi connectivity index (χ1v) is 7.38. The molecule has 1 aromatic heterocycles. The normalized spacial score (nSPS) is 12.6. The minimum absolute atomic E-state index is 0.279. The molecule has 0 fully saturated rings. The second kappa shape index (κ2) is 6.50. The van der Waals surface area contributed by atoms with Crippen LogP contribution in [0.4, 0.5) is 5.69 Å². The number of hydrogen-bond acceptors (Lipinski definition) is 3. The molecular weight excluding hydrogens is 290 g/mol. The molecule has 2 N–H and O–H groups in total. The molecule has 1 atom stereocenters. The van der Waals surface area contributed by atoms with Gasteiger partial charge in [-0.05, 0) is 31.2 Å². The van der Waals surface area contributed by atoms with Gasteiger partial charge in [-0.25, -0.2) is 0 Å². The van der Waals surface area contributed by atoms with Crippen LogP contribution in [-0.2, 0) is 4.79 Å². The predicted molar refractivity (Wildman–Crippen MR) is 91.0 cm³/mol. The molecule has 2 aromatic carbocycles. The quantitative estimate of drug-likeness (QED) is 0.712. The third-order valence-electron chi connectivity index (χ3n) is 3.51. The first kappa shape index (κ1) is 15.1. The average molecular weight is 307 g/mol. The van der Waals surface area contributed by atoms with E-state index in [0.717, 1.165) is 11.0 Å². The van der Waals surface area contributed by atoms with Gasteiger partial charge in [-0.2, -0.15) is 0 Å². The Labute approximate surface area is 134 Å². The lowest BCUT2D eigenvalue weighted by atomic mass is 10.1. The van der Waals surface area contributed by atoms with Crippen molar-refractivity contribution >= 4 is 28.6 Å². The lowest BCUT2D eigenvalue weighted by Gasteiger charge is -2.11. The van der Waals surface area contributed by atoms with Gasteiger partial charge in [0.1, 0.15) is 11.3 Å². The Bertz CT molecular complexity index is 829. The highest BCUT2D eigenvalue weighted by Crippen LogP contribution is 2.22. The molecule has 0 spiro atoms. The molecule has 0 radical (unpaired) electrons. The Morgan fingerprint density at radius 2 is 1.91 bits per heavy atom. The van der Waals surface area contributed by atoms with Gasteiger partial charge in [-0.1, -0.05) is 36.4 Å². The summed E-state index contributed by atoms with van der Waals surface area (Å²) in [5.41, 5.74) is 2.06. The Hall–Kier alpha value is -2.85.